The molecule has 0 aromatic heterocycles. The van der Waals surface area contributed by atoms with Gasteiger partial charge in [0.15, 0.2) is 0 Å². The quantitative estimate of drug-likeness (QED) is 0.817. The third kappa shape index (κ3) is 5.71. The summed E-state index contributed by atoms with van der Waals surface area (Å²) >= 11 is 5.81. The van der Waals surface area contributed by atoms with E-state index in [-0.39, 0.29) is 11.9 Å². The summed E-state index contributed by atoms with van der Waals surface area (Å²) in [6, 6.07) is 7.80. The number of carbonyl (C=O) groups excluding carboxylic acids is 1. The van der Waals surface area contributed by atoms with Crippen LogP contribution in [-0.2, 0) is 11.2 Å². The Kier molecular flexibility index (Phi) is 6.01. The van der Waals surface area contributed by atoms with E-state index in [9.17, 15) is 4.79 Å². The molecule has 1 amide bonds. The number of benzene rings is 1. The molecule has 1 rings (SSSR count). The summed E-state index contributed by atoms with van der Waals surface area (Å²) in [6.45, 7) is 2.55. The first-order valence-electron chi connectivity index (χ1n) is 5.85. The molecule has 0 spiro atoms. The van der Waals surface area contributed by atoms with E-state index in [0.29, 0.717) is 13.0 Å². The van der Waals surface area contributed by atoms with Gasteiger partial charge in [-0.25, -0.2) is 0 Å². The molecule has 1 aromatic carbocycles. The summed E-state index contributed by atoms with van der Waals surface area (Å²) in [4.78, 5) is 11.5. The van der Waals surface area contributed by atoms with Crippen LogP contribution in [0, 0.1) is 0 Å². The van der Waals surface area contributed by atoms with E-state index in [0.717, 1.165) is 17.9 Å². The molecule has 0 heterocycles. The van der Waals surface area contributed by atoms with Gasteiger partial charge in [0.1, 0.15) is 0 Å². The van der Waals surface area contributed by atoms with Gasteiger partial charge in [0.05, 0.1) is 0 Å². The molecule has 0 saturated carbocycles. The van der Waals surface area contributed by atoms with Crippen LogP contribution in [0.25, 0.3) is 0 Å². The molecule has 94 valence electrons. The Morgan fingerprint density at radius 1 is 1.41 bits per heavy atom. The Bertz CT molecular complexity index is 351. The van der Waals surface area contributed by atoms with E-state index in [1.165, 1.54) is 5.56 Å². The molecular formula is C13H19ClN2O. The van der Waals surface area contributed by atoms with Crippen molar-refractivity contribution in [2.75, 3.05) is 6.54 Å². The minimum atomic E-state index is 0.0666. The maximum Gasteiger partial charge on any atom is 0.220 e. The van der Waals surface area contributed by atoms with E-state index >= 15 is 0 Å². The first-order valence-corrected chi connectivity index (χ1v) is 6.23. The number of amides is 1. The Morgan fingerprint density at radius 2 is 2.06 bits per heavy atom. The second-order valence-corrected chi connectivity index (χ2v) is 4.63. The van der Waals surface area contributed by atoms with Crippen LogP contribution in [-0.4, -0.2) is 18.5 Å². The molecule has 17 heavy (non-hydrogen) atoms. The van der Waals surface area contributed by atoms with Gasteiger partial charge < -0.3 is 11.1 Å². The standard InChI is InChI=1S/C13H19ClN2O/c1-10(16-13(17)3-2-8-15)9-11-4-6-12(14)7-5-11/h4-7,10H,2-3,8-9,15H2,1H3,(H,16,17). The summed E-state index contributed by atoms with van der Waals surface area (Å²) in [7, 11) is 0. The average Bonchev–Trinajstić information content (AvgIpc) is 2.29. The molecule has 0 radical (unpaired) electrons. The predicted molar refractivity (Wildman–Crippen MR) is 71.0 cm³/mol. The van der Waals surface area contributed by atoms with Crippen molar-refractivity contribution in [1.82, 2.24) is 5.32 Å². The third-order valence-corrected chi connectivity index (χ3v) is 2.72. The lowest BCUT2D eigenvalue weighted by molar-refractivity contribution is -0.121. The smallest absolute Gasteiger partial charge is 0.220 e. The van der Waals surface area contributed by atoms with Gasteiger partial charge in [-0.3, -0.25) is 4.79 Å². The number of halogens is 1. The summed E-state index contributed by atoms with van der Waals surface area (Å²) in [5, 5.41) is 3.68. The molecule has 3 nitrogen and oxygen atoms in total. The summed E-state index contributed by atoms with van der Waals surface area (Å²) in [5.41, 5.74) is 6.52. The summed E-state index contributed by atoms with van der Waals surface area (Å²) in [6.07, 6.45) is 2.05. The second-order valence-electron chi connectivity index (χ2n) is 4.19. The highest BCUT2D eigenvalue weighted by Crippen LogP contribution is 2.11. The minimum Gasteiger partial charge on any atom is -0.353 e. The SMILES string of the molecule is CC(Cc1ccc(Cl)cc1)NC(=O)CCCN. The number of hydrogen-bond acceptors (Lipinski definition) is 2. The van der Waals surface area contributed by atoms with Crippen LogP contribution in [0.4, 0.5) is 0 Å². The average molecular weight is 255 g/mol. The van der Waals surface area contributed by atoms with Gasteiger partial charge in [0.25, 0.3) is 0 Å². The second kappa shape index (κ2) is 7.30. The number of hydrogen-bond donors (Lipinski definition) is 2. The zero-order chi connectivity index (χ0) is 12.7. The van der Waals surface area contributed by atoms with Crippen molar-refractivity contribution in [3.8, 4) is 0 Å². The third-order valence-electron chi connectivity index (χ3n) is 2.47. The Hall–Kier alpha value is -1.06. The zero-order valence-corrected chi connectivity index (χ0v) is 10.8. The lowest BCUT2D eigenvalue weighted by Gasteiger charge is -2.13. The van der Waals surface area contributed by atoms with Crippen LogP contribution in [0.3, 0.4) is 0 Å². The van der Waals surface area contributed by atoms with Gasteiger partial charge in [-0.1, -0.05) is 23.7 Å². The van der Waals surface area contributed by atoms with Crippen molar-refractivity contribution in [2.24, 2.45) is 5.73 Å². The van der Waals surface area contributed by atoms with Crippen LogP contribution >= 0.6 is 11.6 Å². The van der Waals surface area contributed by atoms with E-state index in [2.05, 4.69) is 5.32 Å². The zero-order valence-electron chi connectivity index (χ0n) is 10.1. The highest BCUT2D eigenvalue weighted by Gasteiger charge is 2.07. The lowest BCUT2D eigenvalue weighted by Crippen LogP contribution is -2.34. The summed E-state index contributed by atoms with van der Waals surface area (Å²) in [5.74, 6) is 0.0666. The van der Waals surface area contributed by atoms with Crippen molar-refractivity contribution < 1.29 is 4.79 Å². The predicted octanol–water partition coefficient (Wildman–Crippen LogP) is 2.13. The van der Waals surface area contributed by atoms with Gasteiger partial charge in [0, 0.05) is 17.5 Å². The summed E-state index contributed by atoms with van der Waals surface area (Å²) < 4.78 is 0. The molecule has 0 aliphatic heterocycles. The normalized spacial score (nSPS) is 12.2. The molecule has 3 N–H and O–H groups in total. The maximum atomic E-state index is 11.5. The molecule has 1 aromatic rings. The fraction of sp³-hybridized carbons (Fsp3) is 0.462. The molecule has 4 heteroatoms. The first-order chi connectivity index (χ1) is 8.11. The van der Waals surface area contributed by atoms with Crippen LogP contribution < -0.4 is 11.1 Å². The van der Waals surface area contributed by atoms with Crippen molar-refractivity contribution >= 4 is 17.5 Å². The monoisotopic (exact) mass is 254 g/mol. The van der Waals surface area contributed by atoms with Gasteiger partial charge in [-0.05, 0) is 44.0 Å². The molecule has 1 atom stereocenters. The molecule has 0 bridgehead atoms. The Morgan fingerprint density at radius 3 is 2.65 bits per heavy atom. The fourth-order valence-electron chi connectivity index (χ4n) is 1.63. The molecule has 0 aliphatic rings. The van der Waals surface area contributed by atoms with Crippen molar-refractivity contribution in [2.45, 2.75) is 32.2 Å². The van der Waals surface area contributed by atoms with Crippen LogP contribution in [0.15, 0.2) is 24.3 Å². The molecular weight excluding hydrogens is 236 g/mol. The van der Waals surface area contributed by atoms with Crippen molar-refractivity contribution in [3.05, 3.63) is 34.9 Å². The van der Waals surface area contributed by atoms with Gasteiger partial charge in [-0.2, -0.15) is 0 Å². The van der Waals surface area contributed by atoms with E-state index in [1.807, 2.05) is 31.2 Å². The Balaban J connectivity index is 2.36. The van der Waals surface area contributed by atoms with E-state index in [1.54, 1.807) is 0 Å². The maximum absolute atomic E-state index is 11.5. The molecule has 0 aliphatic carbocycles. The minimum absolute atomic E-state index is 0.0666. The Labute approximate surface area is 107 Å². The topological polar surface area (TPSA) is 55.1 Å². The van der Waals surface area contributed by atoms with E-state index in [4.69, 9.17) is 17.3 Å². The highest BCUT2D eigenvalue weighted by molar-refractivity contribution is 6.30. The number of carbonyl (C=O) groups is 1. The van der Waals surface area contributed by atoms with Gasteiger partial charge in [0.2, 0.25) is 5.91 Å². The van der Waals surface area contributed by atoms with Crippen molar-refractivity contribution in [1.29, 1.82) is 0 Å². The number of nitrogens with one attached hydrogen (secondary N) is 1. The van der Waals surface area contributed by atoms with Crippen molar-refractivity contribution in [3.63, 3.8) is 0 Å². The first kappa shape index (κ1) is 14.0. The number of rotatable bonds is 6. The van der Waals surface area contributed by atoms with Crippen LogP contribution in [0.5, 0.6) is 0 Å². The van der Waals surface area contributed by atoms with Crippen LogP contribution in [0.1, 0.15) is 25.3 Å². The van der Waals surface area contributed by atoms with Gasteiger partial charge >= 0.3 is 0 Å². The number of nitrogens with two attached hydrogens (primary N) is 1. The fourth-order valence-corrected chi connectivity index (χ4v) is 1.76. The molecule has 0 saturated heterocycles. The van der Waals surface area contributed by atoms with Crippen LogP contribution in [0.2, 0.25) is 5.02 Å². The van der Waals surface area contributed by atoms with Gasteiger partial charge in [-0.15, -0.1) is 0 Å². The largest absolute Gasteiger partial charge is 0.353 e. The lowest BCUT2D eigenvalue weighted by atomic mass is 10.1. The molecule has 1 unspecified atom stereocenters. The van der Waals surface area contributed by atoms with E-state index < -0.39 is 0 Å². The highest BCUT2D eigenvalue weighted by atomic mass is 35.5. The molecule has 0 fully saturated rings.